The van der Waals surface area contributed by atoms with Crippen LogP contribution in [0.4, 0.5) is 0 Å². The minimum absolute atomic E-state index is 0.0312. The Bertz CT molecular complexity index is 253. The first-order chi connectivity index (χ1) is 9.24. The van der Waals surface area contributed by atoms with Crippen LogP contribution in [0.25, 0.3) is 0 Å². The molecule has 1 rings (SSSR count). The standard InChI is InChI=1S/C15H30N2O2/c1-4-7-14(15(18)19-6-3)17(12-5-2)13-8-10-16-11-9-13/h13-14,16H,4-12H2,1-3H3. The fourth-order valence-electron chi connectivity index (χ4n) is 2.92. The zero-order valence-corrected chi connectivity index (χ0v) is 12.8. The van der Waals surface area contributed by atoms with Crippen molar-refractivity contribution in [2.24, 2.45) is 0 Å². The monoisotopic (exact) mass is 270 g/mol. The van der Waals surface area contributed by atoms with Gasteiger partial charge in [0.25, 0.3) is 0 Å². The Balaban J connectivity index is 2.74. The molecule has 1 unspecified atom stereocenters. The van der Waals surface area contributed by atoms with E-state index >= 15 is 0 Å². The second-order valence-electron chi connectivity index (χ2n) is 5.28. The van der Waals surface area contributed by atoms with Crippen LogP contribution in [0.15, 0.2) is 0 Å². The molecule has 0 amide bonds. The highest BCUT2D eigenvalue weighted by Crippen LogP contribution is 2.19. The highest BCUT2D eigenvalue weighted by Gasteiger charge is 2.31. The fourth-order valence-corrected chi connectivity index (χ4v) is 2.92. The molecule has 1 aliphatic rings. The van der Waals surface area contributed by atoms with Crippen LogP contribution in [-0.2, 0) is 9.53 Å². The van der Waals surface area contributed by atoms with Gasteiger partial charge >= 0.3 is 5.97 Å². The van der Waals surface area contributed by atoms with E-state index in [2.05, 4.69) is 24.1 Å². The molecule has 1 fully saturated rings. The Hall–Kier alpha value is -0.610. The molecular formula is C15H30N2O2. The molecular weight excluding hydrogens is 240 g/mol. The van der Waals surface area contributed by atoms with Crippen LogP contribution in [0.2, 0.25) is 0 Å². The predicted molar refractivity (Wildman–Crippen MR) is 78.2 cm³/mol. The summed E-state index contributed by atoms with van der Waals surface area (Å²) in [6, 6.07) is 0.482. The Morgan fingerprint density at radius 2 is 1.95 bits per heavy atom. The second kappa shape index (κ2) is 9.32. The van der Waals surface area contributed by atoms with E-state index in [0.717, 1.165) is 51.7 Å². The summed E-state index contributed by atoms with van der Waals surface area (Å²) in [7, 11) is 0. The van der Waals surface area contributed by atoms with E-state index in [-0.39, 0.29) is 12.0 Å². The van der Waals surface area contributed by atoms with Gasteiger partial charge in [0.1, 0.15) is 6.04 Å². The fraction of sp³-hybridized carbons (Fsp3) is 0.933. The first kappa shape index (κ1) is 16.4. The average molecular weight is 270 g/mol. The van der Waals surface area contributed by atoms with Gasteiger partial charge in [-0.3, -0.25) is 9.69 Å². The van der Waals surface area contributed by atoms with Crippen LogP contribution in [0.5, 0.6) is 0 Å². The normalized spacial score (nSPS) is 18.5. The van der Waals surface area contributed by atoms with Crippen molar-refractivity contribution in [2.75, 3.05) is 26.2 Å². The zero-order chi connectivity index (χ0) is 14.1. The van der Waals surface area contributed by atoms with Crippen LogP contribution in [0, 0.1) is 0 Å². The van der Waals surface area contributed by atoms with E-state index in [1.807, 2.05) is 6.92 Å². The van der Waals surface area contributed by atoms with Crippen molar-refractivity contribution in [1.82, 2.24) is 10.2 Å². The van der Waals surface area contributed by atoms with Gasteiger partial charge in [-0.25, -0.2) is 0 Å². The summed E-state index contributed by atoms with van der Waals surface area (Å²) in [4.78, 5) is 14.6. The summed E-state index contributed by atoms with van der Waals surface area (Å²) in [5.74, 6) is -0.0312. The first-order valence-corrected chi connectivity index (χ1v) is 7.87. The lowest BCUT2D eigenvalue weighted by atomic mass is 10.00. The van der Waals surface area contributed by atoms with Crippen molar-refractivity contribution < 1.29 is 9.53 Å². The summed E-state index contributed by atoms with van der Waals surface area (Å²) < 4.78 is 5.28. The molecule has 0 saturated carbocycles. The molecule has 4 heteroatoms. The van der Waals surface area contributed by atoms with Gasteiger partial charge < -0.3 is 10.1 Å². The van der Waals surface area contributed by atoms with E-state index < -0.39 is 0 Å². The van der Waals surface area contributed by atoms with Crippen molar-refractivity contribution >= 4 is 5.97 Å². The van der Waals surface area contributed by atoms with E-state index in [1.54, 1.807) is 0 Å². The molecule has 1 atom stereocenters. The number of piperidine rings is 1. The molecule has 1 N–H and O–H groups in total. The zero-order valence-electron chi connectivity index (χ0n) is 12.8. The Labute approximate surface area is 117 Å². The third kappa shape index (κ3) is 5.11. The van der Waals surface area contributed by atoms with Crippen LogP contribution in [0.3, 0.4) is 0 Å². The van der Waals surface area contributed by atoms with Gasteiger partial charge in [0.2, 0.25) is 0 Å². The maximum atomic E-state index is 12.2. The molecule has 0 bridgehead atoms. The molecule has 1 saturated heterocycles. The number of carbonyl (C=O) groups excluding carboxylic acids is 1. The molecule has 0 radical (unpaired) electrons. The highest BCUT2D eigenvalue weighted by atomic mass is 16.5. The minimum Gasteiger partial charge on any atom is -0.465 e. The number of nitrogens with one attached hydrogen (secondary N) is 1. The van der Waals surface area contributed by atoms with Crippen LogP contribution >= 0.6 is 0 Å². The first-order valence-electron chi connectivity index (χ1n) is 7.87. The van der Waals surface area contributed by atoms with E-state index in [9.17, 15) is 4.79 Å². The molecule has 0 aromatic heterocycles. The lowest BCUT2D eigenvalue weighted by molar-refractivity contribution is -0.151. The molecule has 0 aliphatic carbocycles. The molecule has 0 aromatic rings. The van der Waals surface area contributed by atoms with Crippen LogP contribution in [0.1, 0.15) is 52.9 Å². The van der Waals surface area contributed by atoms with E-state index in [1.165, 1.54) is 0 Å². The Morgan fingerprint density at radius 3 is 2.47 bits per heavy atom. The summed E-state index contributed by atoms with van der Waals surface area (Å²) >= 11 is 0. The van der Waals surface area contributed by atoms with Crippen molar-refractivity contribution in [3.05, 3.63) is 0 Å². The van der Waals surface area contributed by atoms with E-state index in [4.69, 9.17) is 4.74 Å². The Morgan fingerprint density at radius 1 is 1.26 bits per heavy atom. The predicted octanol–water partition coefficient (Wildman–Crippen LogP) is 2.18. The number of carbonyl (C=O) groups is 1. The Kier molecular flexibility index (Phi) is 8.07. The number of nitrogens with zero attached hydrogens (tertiary/aromatic N) is 1. The second-order valence-corrected chi connectivity index (χ2v) is 5.28. The molecule has 19 heavy (non-hydrogen) atoms. The SMILES string of the molecule is CCCC(C(=O)OCC)N(CCC)C1CCNCC1. The number of esters is 1. The number of ether oxygens (including phenoxy) is 1. The van der Waals surface area contributed by atoms with Gasteiger partial charge in [0.05, 0.1) is 6.61 Å². The summed E-state index contributed by atoms with van der Waals surface area (Å²) in [5.41, 5.74) is 0. The lowest BCUT2D eigenvalue weighted by Crippen LogP contribution is -2.51. The maximum absolute atomic E-state index is 12.2. The summed E-state index contributed by atoms with van der Waals surface area (Å²) in [5, 5.41) is 3.39. The summed E-state index contributed by atoms with van der Waals surface area (Å²) in [6.45, 7) is 9.80. The van der Waals surface area contributed by atoms with Gasteiger partial charge in [-0.15, -0.1) is 0 Å². The average Bonchev–Trinajstić information content (AvgIpc) is 2.44. The third-order valence-corrected chi connectivity index (χ3v) is 3.78. The number of hydrogen-bond acceptors (Lipinski definition) is 4. The van der Waals surface area contributed by atoms with Crippen LogP contribution in [-0.4, -0.2) is 49.2 Å². The van der Waals surface area contributed by atoms with E-state index in [0.29, 0.717) is 12.6 Å². The molecule has 0 aromatic carbocycles. The number of hydrogen-bond donors (Lipinski definition) is 1. The molecule has 1 heterocycles. The van der Waals surface area contributed by atoms with Crippen molar-refractivity contribution in [2.45, 2.75) is 65.0 Å². The van der Waals surface area contributed by atoms with Gasteiger partial charge in [-0.2, -0.15) is 0 Å². The number of rotatable bonds is 8. The lowest BCUT2D eigenvalue weighted by Gasteiger charge is -2.38. The van der Waals surface area contributed by atoms with Gasteiger partial charge in [-0.05, 0) is 52.2 Å². The van der Waals surface area contributed by atoms with Gasteiger partial charge in [0.15, 0.2) is 0 Å². The molecule has 0 spiro atoms. The minimum atomic E-state index is -0.0481. The largest absolute Gasteiger partial charge is 0.465 e. The van der Waals surface area contributed by atoms with Gasteiger partial charge in [-0.1, -0.05) is 20.3 Å². The van der Waals surface area contributed by atoms with Crippen molar-refractivity contribution in [1.29, 1.82) is 0 Å². The quantitative estimate of drug-likeness (QED) is 0.686. The smallest absolute Gasteiger partial charge is 0.323 e. The summed E-state index contributed by atoms with van der Waals surface area (Å²) in [6.07, 6.45) is 5.29. The third-order valence-electron chi connectivity index (χ3n) is 3.78. The van der Waals surface area contributed by atoms with Crippen molar-refractivity contribution in [3.63, 3.8) is 0 Å². The van der Waals surface area contributed by atoms with Crippen molar-refractivity contribution in [3.8, 4) is 0 Å². The maximum Gasteiger partial charge on any atom is 0.323 e. The van der Waals surface area contributed by atoms with Crippen LogP contribution < -0.4 is 5.32 Å². The highest BCUT2D eigenvalue weighted by molar-refractivity contribution is 5.75. The molecule has 4 nitrogen and oxygen atoms in total. The van der Waals surface area contributed by atoms with Gasteiger partial charge in [0, 0.05) is 6.04 Å². The molecule has 112 valence electrons. The topological polar surface area (TPSA) is 41.6 Å². The molecule has 1 aliphatic heterocycles.